The van der Waals surface area contributed by atoms with Gasteiger partial charge in [0.1, 0.15) is 0 Å². The van der Waals surface area contributed by atoms with Crippen molar-refractivity contribution in [3.63, 3.8) is 0 Å². The van der Waals surface area contributed by atoms with Crippen LogP contribution in [0.15, 0.2) is 0 Å². The number of piperidine rings is 1. The van der Waals surface area contributed by atoms with Crippen molar-refractivity contribution < 1.29 is 9.59 Å². The number of rotatable bonds is 5. The minimum absolute atomic E-state index is 0.135. The summed E-state index contributed by atoms with van der Waals surface area (Å²) in [6, 6.07) is 0.412. The van der Waals surface area contributed by atoms with Gasteiger partial charge in [0.2, 0.25) is 11.8 Å². The van der Waals surface area contributed by atoms with Gasteiger partial charge < -0.3 is 15.5 Å². The molecule has 5 heteroatoms. The van der Waals surface area contributed by atoms with E-state index in [0.29, 0.717) is 19.5 Å². The van der Waals surface area contributed by atoms with Crippen molar-refractivity contribution >= 4 is 11.8 Å². The number of carbonyl (C=O) groups excluding carboxylic acids is 2. The highest BCUT2D eigenvalue weighted by atomic mass is 16.2. The molecule has 0 spiro atoms. The molecule has 0 aliphatic carbocycles. The van der Waals surface area contributed by atoms with E-state index >= 15 is 0 Å². The van der Waals surface area contributed by atoms with Gasteiger partial charge in [0.05, 0.1) is 5.92 Å². The predicted molar refractivity (Wildman–Crippen MR) is 82.6 cm³/mol. The Morgan fingerprint density at radius 2 is 2.19 bits per heavy atom. The van der Waals surface area contributed by atoms with E-state index in [0.717, 1.165) is 38.6 Å². The monoisotopic (exact) mass is 295 g/mol. The second-order valence-corrected chi connectivity index (χ2v) is 6.50. The van der Waals surface area contributed by atoms with Crippen LogP contribution < -0.4 is 5.73 Å². The Morgan fingerprint density at radius 1 is 1.43 bits per heavy atom. The van der Waals surface area contributed by atoms with E-state index < -0.39 is 0 Å². The van der Waals surface area contributed by atoms with Crippen LogP contribution in [0, 0.1) is 5.92 Å². The molecular weight excluding hydrogens is 266 g/mol. The molecule has 0 aromatic rings. The van der Waals surface area contributed by atoms with E-state index in [1.165, 1.54) is 0 Å². The summed E-state index contributed by atoms with van der Waals surface area (Å²) in [7, 11) is 0. The van der Waals surface area contributed by atoms with Crippen LogP contribution in [-0.2, 0) is 9.59 Å². The molecule has 120 valence electrons. The Kier molecular flexibility index (Phi) is 5.62. The van der Waals surface area contributed by atoms with Gasteiger partial charge in [-0.15, -0.1) is 0 Å². The maximum Gasteiger partial charge on any atom is 0.228 e. The van der Waals surface area contributed by atoms with Gasteiger partial charge in [-0.2, -0.15) is 0 Å². The molecule has 2 N–H and O–H groups in total. The normalized spacial score (nSPS) is 28.0. The number of nitrogens with zero attached hydrogens (tertiary/aromatic N) is 2. The van der Waals surface area contributed by atoms with Crippen LogP contribution >= 0.6 is 0 Å². The molecule has 0 bridgehead atoms. The lowest BCUT2D eigenvalue weighted by atomic mass is 9.98. The number of carbonyl (C=O) groups is 2. The molecule has 2 saturated heterocycles. The third kappa shape index (κ3) is 3.57. The molecule has 21 heavy (non-hydrogen) atoms. The largest absolute Gasteiger partial charge is 0.339 e. The molecular formula is C16H29N3O2. The SMILES string of the molecule is CCCC(C)N1CC(C(=O)N2CCCCC2CN)CC1=O. The molecule has 0 saturated carbocycles. The van der Waals surface area contributed by atoms with Crippen molar-refractivity contribution in [2.45, 2.75) is 64.5 Å². The Labute approximate surface area is 127 Å². The first-order valence-corrected chi connectivity index (χ1v) is 8.38. The first kappa shape index (κ1) is 16.3. The lowest BCUT2D eigenvalue weighted by molar-refractivity contribution is -0.139. The molecule has 2 aliphatic heterocycles. The number of amides is 2. The van der Waals surface area contributed by atoms with E-state index in [9.17, 15) is 9.59 Å². The van der Waals surface area contributed by atoms with E-state index in [1.807, 2.05) is 9.80 Å². The molecule has 0 aromatic carbocycles. The standard InChI is InChI=1S/C16H29N3O2/c1-3-6-12(2)19-11-13(9-15(19)20)16(21)18-8-5-4-7-14(18)10-17/h12-14H,3-11,17H2,1-2H3. The zero-order chi connectivity index (χ0) is 15.4. The summed E-state index contributed by atoms with van der Waals surface area (Å²) in [5.41, 5.74) is 5.80. The maximum atomic E-state index is 12.7. The number of hydrogen-bond acceptors (Lipinski definition) is 3. The fourth-order valence-electron chi connectivity index (χ4n) is 3.67. The third-order valence-electron chi connectivity index (χ3n) is 4.93. The second kappa shape index (κ2) is 7.25. The Balaban J connectivity index is 1.99. The van der Waals surface area contributed by atoms with Gasteiger partial charge in [0.15, 0.2) is 0 Å². The summed E-state index contributed by atoms with van der Waals surface area (Å²) in [5.74, 6) is 0.115. The van der Waals surface area contributed by atoms with Crippen LogP contribution in [0.3, 0.4) is 0 Å². The average molecular weight is 295 g/mol. The van der Waals surface area contributed by atoms with Gasteiger partial charge >= 0.3 is 0 Å². The summed E-state index contributed by atoms with van der Waals surface area (Å²) in [4.78, 5) is 28.7. The number of likely N-dealkylation sites (tertiary alicyclic amines) is 2. The van der Waals surface area contributed by atoms with Crippen molar-refractivity contribution in [3.8, 4) is 0 Å². The first-order valence-electron chi connectivity index (χ1n) is 8.38. The highest BCUT2D eigenvalue weighted by Gasteiger charge is 2.39. The van der Waals surface area contributed by atoms with Gasteiger partial charge in [0, 0.05) is 38.1 Å². The van der Waals surface area contributed by atoms with Crippen LogP contribution in [0.1, 0.15) is 52.4 Å². The minimum Gasteiger partial charge on any atom is -0.339 e. The molecule has 3 atom stereocenters. The average Bonchev–Trinajstić information content (AvgIpc) is 2.88. The molecule has 0 aromatic heterocycles. The van der Waals surface area contributed by atoms with Crippen LogP contribution in [-0.4, -0.2) is 53.3 Å². The molecule has 2 amide bonds. The molecule has 0 radical (unpaired) electrons. The van der Waals surface area contributed by atoms with Crippen molar-refractivity contribution in [2.24, 2.45) is 11.7 Å². The Bertz CT molecular complexity index is 386. The van der Waals surface area contributed by atoms with Gasteiger partial charge in [-0.1, -0.05) is 13.3 Å². The second-order valence-electron chi connectivity index (χ2n) is 6.50. The molecule has 2 aliphatic rings. The lowest BCUT2D eigenvalue weighted by Crippen LogP contribution is -2.50. The van der Waals surface area contributed by atoms with Crippen LogP contribution in [0.4, 0.5) is 0 Å². The van der Waals surface area contributed by atoms with Crippen molar-refractivity contribution in [1.29, 1.82) is 0 Å². The third-order valence-corrected chi connectivity index (χ3v) is 4.93. The minimum atomic E-state index is -0.163. The van der Waals surface area contributed by atoms with Crippen LogP contribution in [0.25, 0.3) is 0 Å². The molecule has 2 rings (SSSR count). The summed E-state index contributed by atoms with van der Waals surface area (Å²) in [6.45, 7) is 6.13. The quantitative estimate of drug-likeness (QED) is 0.833. The fourth-order valence-corrected chi connectivity index (χ4v) is 3.67. The maximum absolute atomic E-state index is 12.7. The van der Waals surface area contributed by atoms with Crippen molar-refractivity contribution in [3.05, 3.63) is 0 Å². The highest BCUT2D eigenvalue weighted by molar-refractivity contribution is 5.89. The first-order chi connectivity index (χ1) is 10.1. The smallest absolute Gasteiger partial charge is 0.228 e. The summed E-state index contributed by atoms with van der Waals surface area (Å²) in [5, 5.41) is 0. The zero-order valence-electron chi connectivity index (χ0n) is 13.4. The number of nitrogens with two attached hydrogens (primary N) is 1. The van der Waals surface area contributed by atoms with Gasteiger partial charge in [-0.25, -0.2) is 0 Å². The molecule has 3 unspecified atom stereocenters. The zero-order valence-corrected chi connectivity index (χ0v) is 13.4. The van der Waals surface area contributed by atoms with Gasteiger partial charge in [0.25, 0.3) is 0 Å². The summed E-state index contributed by atoms with van der Waals surface area (Å²) in [6.07, 6.45) is 5.64. The highest BCUT2D eigenvalue weighted by Crippen LogP contribution is 2.26. The van der Waals surface area contributed by atoms with Crippen molar-refractivity contribution in [2.75, 3.05) is 19.6 Å². The van der Waals surface area contributed by atoms with E-state index in [1.54, 1.807) is 0 Å². The Morgan fingerprint density at radius 3 is 2.86 bits per heavy atom. The fraction of sp³-hybridized carbons (Fsp3) is 0.875. The van der Waals surface area contributed by atoms with E-state index in [4.69, 9.17) is 5.73 Å². The Hall–Kier alpha value is -1.10. The van der Waals surface area contributed by atoms with E-state index in [2.05, 4.69) is 13.8 Å². The van der Waals surface area contributed by atoms with Crippen LogP contribution in [0.5, 0.6) is 0 Å². The van der Waals surface area contributed by atoms with E-state index in [-0.39, 0.29) is 29.8 Å². The van der Waals surface area contributed by atoms with Gasteiger partial charge in [-0.05, 0) is 32.6 Å². The predicted octanol–water partition coefficient (Wildman–Crippen LogP) is 1.36. The molecule has 2 fully saturated rings. The molecule has 2 heterocycles. The van der Waals surface area contributed by atoms with Crippen LogP contribution in [0.2, 0.25) is 0 Å². The summed E-state index contributed by atoms with van der Waals surface area (Å²) >= 11 is 0. The molecule has 5 nitrogen and oxygen atoms in total. The van der Waals surface area contributed by atoms with Gasteiger partial charge in [-0.3, -0.25) is 9.59 Å². The summed E-state index contributed by atoms with van der Waals surface area (Å²) < 4.78 is 0. The topological polar surface area (TPSA) is 66.6 Å². The van der Waals surface area contributed by atoms with Crippen molar-refractivity contribution in [1.82, 2.24) is 9.80 Å². The lowest BCUT2D eigenvalue weighted by Gasteiger charge is -2.36. The number of hydrogen-bond donors (Lipinski definition) is 1.